The second-order valence-corrected chi connectivity index (χ2v) is 10.7. The largest absolute Gasteiger partial charge is 0.496 e. The molecular formula is C33H27BrN4O3. The second-order valence-electron chi connectivity index (χ2n) is 9.79. The minimum atomic E-state index is -0.180. The van der Waals surface area contributed by atoms with E-state index < -0.39 is 0 Å². The van der Waals surface area contributed by atoms with Crippen LogP contribution in [0, 0.1) is 0 Å². The zero-order valence-electron chi connectivity index (χ0n) is 22.4. The number of hydrogen-bond acceptors (Lipinski definition) is 4. The Morgan fingerprint density at radius 2 is 1.71 bits per heavy atom. The maximum atomic E-state index is 13.9. The van der Waals surface area contributed by atoms with Crippen LogP contribution in [-0.4, -0.2) is 28.5 Å². The fraction of sp³-hybridized carbons (Fsp3) is 0.121. The number of carbonyl (C=O) groups is 2. The van der Waals surface area contributed by atoms with E-state index in [-0.39, 0.29) is 11.8 Å². The Bertz CT molecular complexity index is 1750. The van der Waals surface area contributed by atoms with Gasteiger partial charge in [-0.2, -0.15) is 0 Å². The Kier molecular flexibility index (Phi) is 7.39. The standard InChI is InChI=1S/C33H27BrN4O3/c1-41-31-9-5-3-7-28(31)23-10-12-24(13-11-23)33(40)38-21-27-14-15-30(37(27)20-25-6-2-4-8-29(25)38)32(39)36-18-22-16-26(34)19-35-17-22/h2-17,19H,18,20-21H2,1H3,(H,36,39). The summed E-state index contributed by atoms with van der Waals surface area (Å²) in [5.41, 5.74) is 6.65. The zero-order valence-corrected chi connectivity index (χ0v) is 24.0. The SMILES string of the molecule is COc1ccccc1-c1ccc(C(=O)N2Cc3ccc(C(=O)NCc4cncc(Br)c4)n3Cc3ccccc32)cc1. The van der Waals surface area contributed by atoms with Gasteiger partial charge < -0.3 is 19.5 Å². The van der Waals surface area contributed by atoms with Crippen LogP contribution < -0.4 is 15.0 Å². The molecule has 1 N–H and O–H groups in total. The lowest BCUT2D eigenvalue weighted by molar-refractivity contribution is 0.0941. The van der Waals surface area contributed by atoms with Gasteiger partial charge in [-0.05, 0) is 75.1 Å². The van der Waals surface area contributed by atoms with Crippen LogP contribution in [0.15, 0.2) is 108 Å². The van der Waals surface area contributed by atoms with Crippen molar-refractivity contribution < 1.29 is 14.3 Å². The van der Waals surface area contributed by atoms with E-state index in [0.717, 1.165) is 43.9 Å². The molecule has 7 nitrogen and oxygen atoms in total. The van der Waals surface area contributed by atoms with Crippen molar-refractivity contribution >= 4 is 33.4 Å². The highest BCUT2D eigenvalue weighted by molar-refractivity contribution is 9.10. The molecule has 0 radical (unpaired) electrons. The first kappa shape index (κ1) is 26.5. The van der Waals surface area contributed by atoms with E-state index >= 15 is 0 Å². The lowest BCUT2D eigenvalue weighted by Gasteiger charge is -2.23. The van der Waals surface area contributed by atoms with Crippen LogP contribution in [0.25, 0.3) is 11.1 Å². The Hall–Kier alpha value is -4.69. The molecule has 6 rings (SSSR count). The van der Waals surface area contributed by atoms with Gasteiger partial charge in [0.05, 0.1) is 20.2 Å². The summed E-state index contributed by atoms with van der Waals surface area (Å²) in [6.07, 6.45) is 3.43. The van der Waals surface area contributed by atoms with Crippen molar-refractivity contribution in [1.82, 2.24) is 14.9 Å². The molecule has 3 aromatic carbocycles. The van der Waals surface area contributed by atoms with Crippen LogP contribution in [-0.2, 0) is 19.6 Å². The number of amides is 2. The van der Waals surface area contributed by atoms with Gasteiger partial charge in [0, 0.05) is 45.9 Å². The molecular weight excluding hydrogens is 580 g/mol. The summed E-state index contributed by atoms with van der Waals surface area (Å²) in [7, 11) is 1.65. The van der Waals surface area contributed by atoms with Crippen LogP contribution in [0.1, 0.15) is 37.7 Å². The fourth-order valence-electron chi connectivity index (χ4n) is 5.20. The van der Waals surface area contributed by atoms with Crippen LogP contribution >= 0.6 is 15.9 Å². The quantitative estimate of drug-likeness (QED) is 0.241. The predicted molar refractivity (Wildman–Crippen MR) is 162 cm³/mol. The highest BCUT2D eigenvalue weighted by Crippen LogP contribution is 2.32. The first-order valence-electron chi connectivity index (χ1n) is 13.2. The number of nitrogens with zero attached hydrogens (tertiary/aromatic N) is 3. The molecule has 0 saturated carbocycles. The number of anilines is 1. The lowest BCUT2D eigenvalue weighted by atomic mass is 10.0. The number of fused-ring (bicyclic) bond motifs is 2. The topological polar surface area (TPSA) is 76.5 Å². The molecule has 2 amide bonds. The number of ether oxygens (including phenoxy) is 1. The van der Waals surface area contributed by atoms with Gasteiger partial charge in [0.2, 0.25) is 0 Å². The monoisotopic (exact) mass is 606 g/mol. The molecule has 0 unspecified atom stereocenters. The van der Waals surface area contributed by atoms with Gasteiger partial charge in [0.25, 0.3) is 11.8 Å². The molecule has 0 aliphatic carbocycles. The smallest absolute Gasteiger partial charge is 0.268 e. The number of hydrogen-bond donors (Lipinski definition) is 1. The minimum absolute atomic E-state index is 0.105. The molecule has 0 fully saturated rings. The number of benzene rings is 3. The van der Waals surface area contributed by atoms with E-state index in [4.69, 9.17) is 4.74 Å². The highest BCUT2D eigenvalue weighted by atomic mass is 79.9. The molecule has 2 aromatic heterocycles. The van der Waals surface area contributed by atoms with Gasteiger partial charge in [-0.25, -0.2) is 0 Å². The highest BCUT2D eigenvalue weighted by Gasteiger charge is 2.27. The number of aromatic nitrogens is 2. The number of pyridine rings is 1. The van der Waals surface area contributed by atoms with Crippen molar-refractivity contribution in [2.24, 2.45) is 0 Å². The summed E-state index contributed by atoms with van der Waals surface area (Å²) < 4.78 is 8.36. The van der Waals surface area contributed by atoms with Gasteiger partial charge in [-0.1, -0.05) is 48.5 Å². The minimum Gasteiger partial charge on any atom is -0.496 e. The van der Waals surface area contributed by atoms with E-state index in [1.54, 1.807) is 24.4 Å². The van der Waals surface area contributed by atoms with E-state index in [1.807, 2.05) is 95.6 Å². The summed E-state index contributed by atoms with van der Waals surface area (Å²) >= 11 is 3.42. The first-order valence-corrected chi connectivity index (χ1v) is 14.0. The molecule has 0 bridgehead atoms. The fourth-order valence-corrected chi connectivity index (χ4v) is 5.61. The molecule has 8 heteroatoms. The Morgan fingerprint density at radius 1 is 0.927 bits per heavy atom. The molecule has 41 heavy (non-hydrogen) atoms. The van der Waals surface area contributed by atoms with Gasteiger partial charge in [-0.15, -0.1) is 0 Å². The number of rotatable bonds is 6. The van der Waals surface area contributed by atoms with Crippen molar-refractivity contribution in [3.05, 3.63) is 136 Å². The number of para-hydroxylation sites is 2. The molecule has 0 saturated heterocycles. The van der Waals surface area contributed by atoms with Crippen molar-refractivity contribution in [3.8, 4) is 16.9 Å². The number of nitrogens with one attached hydrogen (secondary N) is 1. The van der Waals surface area contributed by atoms with Gasteiger partial charge in [0.15, 0.2) is 0 Å². The Morgan fingerprint density at radius 3 is 2.51 bits per heavy atom. The van der Waals surface area contributed by atoms with E-state index in [1.165, 1.54) is 0 Å². The molecule has 3 heterocycles. The summed E-state index contributed by atoms with van der Waals surface area (Å²) in [5, 5.41) is 3.00. The van der Waals surface area contributed by atoms with Crippen LogP contribution in [0.2, 0.25) is 0 Å². The van der Waals surface area contributed by atoms with E-state index in [0.29, 0.717) is 30.9 Å². The third-order valence-electron chi connectivity index (χ3n) is 7.24. The van der Waals surface area contributed by atoms with Crippen molar-refractivity contribution in [2.45, 2.75) is 19.6 Å². The van der Waals surface area contributed by atoms with Crippen molar-refractivity contribution in [3.63, 3.8) is 0 Å². The van der Waals surface area contributed by atoms with Crippen LogP contribution in [0.3, 0.4) is 0 Å². The lowest BCUT2D eigenvalue weighted by Crippen LogP contribution is -2.30. The van der Waals surface area contributed by atoms with E-state index in [9.17, 15) is 9.59 Å². The molecule has 1 aliphatic rings. The molecule has 204 valence electrons. The number of methoxy groups -OCH3 is 1. The van der Waals surface area contributed by atoms with Gasteiger partial charge in [-0.3, -0.25) is 14.6 Å². The van der Waals surface area contributed by atoms with Crippen molar-refractivity contribution in [2.75, 3.05) is 12.0 Å². The second kappa shape index (κ2) is 11.4. The average Bonchev–Trinajstić information content (AvgIpc) is 3.32. The third-order valence-corrected chi connectivity index (χ3v) is 7.68. The molecule has 0 spiro atoms. The molecule has 0 atom stereocenters. The summed E-state index contributed by atoms with van der Waals surface area (Å²) in [6.45, 7) is 1.18. The number of carbonyl (C=O) groups excluding carboxylic acids is 2. The third kappa shape index (κ3) is 5.38. The predicted octanol–water partition coefficient (Wildman–Crippen LogP) is 6.46. The summed E-state index contributed by atoms with van der Waals surface area (Å²) in [6, 6.07) is 28.9. The van der Waals surface area contributed by atoms with E-state index in [2.05, 4.69) is 26.2 Å². The summed E-state index contributed by atoms with van der Waals surface area (Å²) in [4.78, 5) is 33.1. The molecule has 1 aliphatic heterocycles. The summed E-state index contributed by atoms with van der Waals surface area (Å²) in [5.74, 6) is 0.495. The van der Waals surface area contributed by atoms with Gasteiger partial charge in [0.1, 0.15) is 11.4 Å². The first-order chi connectivity index (χ1) is 20.0. The van der Waals surface area contributed by atoms with Crippen LogP contribution in [0.5, 0.6) is 5.75 Å². The average molecular weight is 608 g/mol. The number of halogens is 1. The maximum Gasteiger partial charge on any atom is 0.268 e. The maximum absolute atomic E-state index is 13.9. The Balaban J connectivity index is 1.27. The molecule has 5 aromatic rings. The van der Waals surface area contributed by atoms with Crippen LogP contribution in [0.4, 0.5) is 5.69 Å². The Labute approximate surface area is 246 Å². The van der Waals surface area contributed by atoms with Crippen molar-refractivity contribution in [1.29, 1.82) is 0 Å². The zero-order chi connectivity index (χ0) is 28.3. The normalized spacial score (nSPS) is 12.2. The van der Waals surface area contributed by atoms with Gasteiger partial charge >= 0.3 is 0 Å².